The first kappa shape index (κ1) is 35.5. The van der Waals surface area contributed by atoms with Crippen molar-refractivity contribution in [1.82, 2.24) is 19.7 Å². The van der Waals surface area contributed by atoms with E-state index in [1.54, 1.807) is 48.2 Å². The number of alkyl halides is 3. The van der Waals surface area contributed by atoms with Crippen LogP contribution in [0.4, 0.5) is 23.2 Å². The summed E-state index contributed by atoms with van der Waals surface area (Å²) in [7, 11) is 3.08. The van der Waals surface area contributed by atoms with Gasteiger partial charge in [0.2, 0.25) is 0 Å². The van der Waals surface area contributed by atoms with Crippen molar-refractivity contribution >= 4 is 22.4 Å². The van der Waals surface area contributed by atoms with Gasteiger partial charge < -0.3 is 24.7 Å². The number of fused-ring (bicyclic) bond motifs is 1. The van der Waals surface area contributed by atoms with Crippen molar-refractivity contribution in [3.63, 3.8) is 0 Å². The van der Waals surface area contributed by atoms with E-state index in [0.29, 0.717) is 39.8 Å². The molecule has 13 heteroatoms. The van der Waals surface area contributed by atoms with Crippen molar-refractivity contribution in [2.24, 2.45) is 5.92 Å². The van der Waals surface area contributed by atoms with E-state index in [4.69, 9.17) is 14.9 Å². The van der Waals surface area contributed by atoms with Gasteiger partial charge in [-0.1, -0.05) is 42.5 Å². The first-order valence-corrected chi connectivity index (χ1v) is 17.0. The second kappa shape index (κ2) is 14.6. The summed E-state index contributed by atoms with van der Waals surface area (Å²) < 4.78 is 70.8. The fraction of sp³-hybridized carbons (Fsp3) is 0.225. The van der Waals surface area contributed by atoms with Crippen molar-refractivity contribution < 1.29 is 31.8 Å². The summed E-state index contributed by atoms with van der Waals surface area (Å²) in [6, 6.07) is 26.0. The number of carbonyl (C=O) groups excluding carboxylic acids is 1. The van der Waals surface area contributed by atoms with E-state index in [0.717, 1.165) is 35.2 Å². The summed E-state index contributed by atoms with van der Waals surface area (Å²) >= 11 is 0. The molecule has 4 aromatic carbocycles. The monoisotopic (exact) mass is 724 g/mol. The number of methoxy groups -OCH3 is 2. The maximum Gasteiger partial charge on any atom is 0.435 e. The molecule has 0 bridgehead atoms. The average Bonchev–Trinajstić information content (AvgIpc) is 3.87. The molecule has 6 aromatic rings. The summed E-state index contributed by atoms with van der Waals surface area (Å²) in [6.07, 6.45) is -0.882. The van der Waals surface area contributed by atoms with Gasteiger partial charge in [0, 0.05) is 29.3 Å². The second-order valence-corrected chi connectivity index (χ2v) is 13.0. The first-order chi connectivity index (χ1) is 25.5. The lowest BCUT2D eigenvalue weighted by atomic mass is 9.97. The predicted molar refractivity (Wildman–Crippen MR) is 192 cm³/mol. The highest BCUT2D eigenvalue weighted by Crippen LogP contribution is 2.33. The first-order valence-electron chi connectivity index (χ1n) is 17.0. The molecule has 0 spiro atoms. The zero-order valence-electron chi connectivity index (χ0n) is 28.9. The van der Waals surface area contributed by atoms with Gasteiger partial charge in [-0.15, -0.1) is 0 Å². The molecule has 3 N–H and O–H groups in total. The van der Waals surface area contributed by atoms with Crippen LogP contribution in [0, 0.1) is 17.1 Å². The number of benzene rings is 4. The Bertz CT molecular complexity index is 2350. The molecule has 1 amide bonds. The van der Waals surface area contributed by atoms with Gasteiger partial charge in [-0.05, 0) is 84.3 Å². The lowest BCUT2D eigenvalue weighted by Crippen LogP contribution is -2.25. The summed E-state index contributed by atoms with van der Waals surface area (Å²) in [5.41, 5.74) is 0.610. The van der Waals surface area contributed by atoms with Crippen LogP contribution in [0.1, 0.15) is 51.8 Å². The summed E-state index contributed by atoms with van der Waals surface area (Å²) in [5, 5.41) is 19.9. The SMILES string of the molecule is COc1ccc(Cn2ccc3ccc(-n4nc(C(F)(F)F)cc4C(=O)Nc4cc(C(NCC5CC5)c5ccccc5)ccc4F)cc3c2=N)c(OC)c1. The number of ether oxygens (including phenoxy) is 2. The van der Waals surface area contributed by atoms with Crippen LogP contribution in [0.2, 0.25) is 0 Å². The summed E-state index contributed by atoms with van der Waals surface area (Å²) in [6.45, 7) is 1.02. The Hall–Kier alpha value is -5.95. The molecule has 1 atom stereocenters. The van der Waals surface area contributed by atoms with Gasteiger partial charge in [0.05, 0.1) is 38.2 Å². The highest BCUT2D eigenvalue weighted by atomic mass is 19.4. The molecule has 9 nitrogen and oxygen atoms in total. The number of pyridine rings is 1. The molecular weight excluding hydrogens is 688 g/mol. The van der Waals surface area contributed by atoms with E-state index in [1.807, 2.05) is 36.4 Å². The summed E-state index contributed by atoms with van der Waals surface area (Å²) in [5.74, 6) is -0.0146. The van der Waals surface area contributed by atoms with E-state index in [2.05, 4.69) is 15.7 Å². The van der Waals surface area contributed by atoms with E-state index in [-0.39, 0.29) is 29.4 Å². The van der Waals surface area contributed by atoms with Crippen LogP contribution < -0.4 is 25.6 Å². The highest BCUT2D eigenvalue weighted by Gasteiger charge is 2.36. The van der Waals surface area contributed by atoms with Crippen molar-refractivity contribution in [2.45, 2.75) is 31.6 Å². The van der Waals surface area contributed by atoms with Crippen molar-refractivity contribution in [2.75, 3.05) is 26.1 Å². The molecule has 53 heavy (non-hydrogen) atoms. The van der Waals surface area contributed by atoms with Crippen molar-refractivity contribution in [1.29, 1.82) is 5.41 Å². The molecule has 0 radical (unpaired) electrons. The Balaban J connectivity index is 1.23. The van der Waals surface area contributed by atoms with Gasteiger partial charge in [0.25, 0.3) is 5.91 Å². The third-order valence-corrected chi connectivity index (χ3v) is 9.34. The largest absolute Gasteiger partial charge is 0.497 e. The zero-order valence-corrected chi connectivity index (χ0v) is 28.9. The van der Waals surface area contributed by atoms with Gasteiger partial charge in [-0.3, -0.25) is 10.2 Å². The van der Waals surface area contributed by atoms with Crippen LogP contribution in [0.5, 0.6) is 11.5 Å². The number of halogens is 4. The molecular formula is C40H36F4N6O3. The van der Waals surface area contributed by atoms with E-state index < -0.39 is 29.3 Å². The van der Waals surface area contributed by atoms with Crippen LogP contribution >= 0.6 is 0 Å². The molecule has 1 saturated carbocycles. The van der Waals surface area contributed by atoms with Crippen LogP contribution in [0.3, 0.4) is 0 Å². The number of anilines is 1. The number of carbonyl (C=O) groups is 1. The Morgan fingerprint density at radius 2 is 1.74 bits per heavy atom. The quantitative estimate of drug-likeness (QED) is 0.112. The van der Waals surface area contributed by atoms with Crippen LogP contribution in [-0.2, 0) is 12.7 Å². The topological polar surface area (TPSA) is 106 Å². The molecule has 1 aliphatic carbocycles. The number of hydrogen-bond acceptors (Lipinski definition) is 6. The molecule has 2 heterocycles. The maximum absolute atomic E-state index is 15.3. The molecule has 272 valence electrons. The standard InChI is InChI=1S/C40H36F4N6O3/c1-52-30-14-11-28(35(20-30)53-2)23-49-17-16-25-10-13-29(19-31(25)38(49)45)50-34(21-36(48-50)40(42,43)44)39(51)47-33-18-27(12-15-32(33)41)37(46-22-24-8-9-24)26-6-4-3-5-7-26/h3-7,10-21,24,37,45-46H,8-9,22-23H2,1-2H3,(H,47,51). The van der Waals surface area contributed by atoms with Crippen molar-refractivity contribution in [3.05, 3.63) is 143 Å². The lowest BCUT2D eigenvalue weighted by molar-refractivity contribution is -0.141. The highest BCUT2D eigenvalue weighted by molar-refractivity contribution is 6.03. The van der Waals surface area contributed by atoms with Crippen molar-refractivity contribution in [3.8, 4) is 17.2 Å². The normalized spacial score (nSPS) is 13.5. The molecule has 1 fully saturated rings. The van der Waals surface area contributed by atoms with Crippen LogP contribution in [0.25, 0.3) is 16.5 Å². The van der Waals surface area contributed by atoms with E-state index >= 15 is 4.39 Å². The summed E-state index contributed by atoms with van der Waals surface area (Å²) in [4.78, 5) is 13.8. The minimum atomic E-state index is -4.88. The van der Waals surface area contributed by atoms with E-state index in [1.165, 1.54) is 31.4 Å². The zero-order chi connectivity index (χ0) is 37.3. The predicted octanol–water partition coefficient (Wildman–Crippen LogP) is 7.87. The van der Waals surface area contributed by atoms with Crippen LogP contribution in [0.15, 0.2) is 103 Å². The molecule has 1 aliphatic rings. The fourth-order valence-corrected chi connectivity index (χ4v) is 6.29. The Morgan fingerprint density at radius 3 is 2.45 bits per heavy atom. The minimum absolute atomic E-state index is 0.0681. The van der Waals surface area contributed by atoms with Crippen LogP contribution in [-0.4, -0.2) is 41.0 Å². The Morgan fingerprint density at radius 1 is 0.943 bits per heavy atom. The molecule has 2 aromatic heterocycles. The Kier molecular flexibility index (Phi) is 9.76. The Labute approximate surface area is 302 Å². The molecule has 0 saturated heterocycles. The minimum Gasteiger partial charge on any atom is -0.497 e. The smallest absolute Gasteiger partial charge is 0.435 e. The third-order valence-electron chi connectivity index (χ3n) is 9.34. The molecule has 7 rings (SSSR count). The average molecular weight is 725 g/mol. The molecule has 1 unspecified atom stereocenters. The third kappa shape index (κ3) is 7.65. The second-order valence-electron chi connectivity index (χ2n) is 13.0. The van der Waals surface area contributed by atoms with Gasteiger partial charge in [0.15, 0.2) is 5.69 Å². The van der Waals surface area contributed by atoms with Gasteiger partial charge >= 0.3 is 6.18 Å². The number of hydrogen-bond donors (Lipinski definition) is 3. The number of aromatic nitrogens is 3. The number of rotatable bonds is 12. The van der Waals surface area contributed by atoms with Gasteiger partial charge in [-0.2, -0.15) is 18.3 Å². The van der Waals surface area contributed by atoms with Gasteiger partial charge in [-0.25, -0.2) is 9.07 Å². The lowest BCUT2D eigenvalue weighted by Gasteiger charge is -2.21. The van der Waals surface area contributed by atoms with E-state index in [9.17, 15) is 18.0 Å². The maximum atomic E-state index is 15.3. The number of amides is 1. The molecule has 0 aliphatic heterocycles. The number of nitrogens with one attached hydrogen (secondary N) is 3. The van der Waals surface area contributed by atoms with Gasteiger partial charge in [0.1, 0.15) is 28.5 Å². The fourth-order valence-electron chi connectivity index (χ4n) is 6.29. The number of nitrogens with zero attached hydrogens (tertiary/aromatic N) is 3.